The summed E-state index contributed by atoms with van der Waals surface area (Å²) in [7, 11) is 0. The Morgan fingerprint density at radius 2 is 1.78 bits per heavy atom. The SMILES string of the molecule is O=[N+]([O-])c1cc(Cl)c(Cl)cc1OC[B-](F)(F)F.[K+]. The minimum Gasteiger partial charge on any atom is -0.517 e. The van der Waals surface area contributed by atoms with Crippen molar-refractivity contribution in [3.63, 3.8) is 0 Å². The quantitative estimate of drug-likeness (QED) is 0.464. The average molecular weight is 328 g/mol. The van der Waals surface area contributed by atoms with Crippen molar-refractivity contribution in [3.8, 4) is 5.75 Å². The van der Waals surface area contributed by atoms with Gasteiger partial charge in [0.05, 0.1) is 21.5 Å². The Kier molecular flexibility index (Phi) is 7.52. The predicted octanol–water partition coefficient (Wildman–Crippen LogP) is 0.671. The molecule has 0 aliphatic rings. The number of nitrogens with zero attached hydrogens (tertiary/aromatic N) is 1. The van der Waals surface area contributed by atoms with Gasteiger partial charge >= 0.3 is 64.0 Å². The van der Waals surface area contributed by atoms with E-state index in [-0.39, 0.29) is 61.4 Å². The van der Waals surface area contributed by atoms with Gasteiger partial charge in [0.15, 0.2) is 5.75 Å². The fourth-order valence-electron chi connectivity index (χ4n) is 0.961. The van der Waals surface area contributed by atoms with Gasteiger partial charge in [-0.25, -0.2) is 0 Å². The molecule has 1 aromatic carbocycles. The maximum atomic E-state index is 12.0. The van der Waals surface area contributed by atoms with Crippen molar-refractivity contribution in [2.45, 2.75) is 0 Å². The van der Waals surface area contributed by atoms with Gasteiger partial charge in [-0.15, -0.1) is 0 Å². The maximum absolute atomic E-state index is 12.0. The summed E-state index contributed by atoms with van der Waals surface area (Å²) in [5.74, 6) is -0.566. The van der Waals surface area contributed by atoms with Crippen LogP contribution < -0.4 is 56.1 Å². The van der Waals surface area contributed by atoms with Crippen molar-refractivity contribution in [1.82, 2.24) is 0 Å². The van der Waals surface area contributed by atoms with Crippen molar-refractivity contribution >= 4 is 35.9 Å². The van der Waals surface area contributed by atoms with Gasteiger partial charge in [-0.2, -0.15) is 0 Å². The molecule has 1 aromatic rings. The average Bonchev–Trinajstić information content (AvgIpc) is 2.17. The van der Waals surface area contributed by atoms with E-state index in [0.29, 0.717) is 0 Å². The first-order valence-corrected chi connectivity index (χ1v) is 4.93. The van der Waals surface area contributed by atoms with Crippen LogP contribution in [0.15, 0.2) is 12.1 Å². The number of ether oxygens (including phenoxy) is 1. The fourth-order valence-corrected chi connectivity index (χ4v) is 1.27. The summed E-state index contributed by atoms with van der Waals surface area (Å²) in [5, 5.41) is 10.3. The summed E-state index contributed by atoms with van der Waals surface area (Å²) in [6.45, 7) is -6.79. The van der Waals surface area contributed by atoms with Crippen molar-refractivity contribution in [3.05, 3.63) is 32.3 Å². The number of hydrogen-bond donors (Lipinski definition) is 0. The van der Waals surface area contributed by atoms with Crippen LogP contribution in [0, 0.1) is 10.1 Å². The first-order valence-electron chi connectivity index (χ1n) is 4.18. The number of halogens is 5. The van der Waals surface area contributed by atoms with Gasteiger partial charge in [0.25, 0.3) is 0 Å². The van der Waals surface area contributed by atoms with Gasteiger partial charge < -0.3 is 17.7 Å². The third-order valence-corrected chi connectivity index (χ3v) is 2.35. The number of nitro groups is 1. The molecule has 0 spiro atoms. The third kappa shape index (κ3) is 5.64. The second kappa shape index (κ2) is 7.32. The summed E-state index contributed by atoms with van der Waals surface area (Å²) in [5.41, 5.74) is -0.667. The van der Waals surface area contributed by atoms with Crippen LogP contribution in [-0.4, -0.2) is 18.4 Å². The number of nitro benzene ring substituents is 1. The van der Waals surface area contributed by atoms with Crippen LogP contribution in [0.2, 0.25) is 10.0 Å². The Balaban J connectivity index is 0.00000289. The van der Waals surface area contributed by atoms with Crippen LogP contribution in [0.1, 0.15) is 0 Å². The Morgan fingerprint density at radius 3 is 2.22 bits per heavy atom. The molecule has 0 atom stereocenters. The van der Waals surface area contributed by atoms with E-state index in [0.717, 1.165) is 12.1 Å². The van der Waals surface area contributed by atoms with Crippen molar-refractivity contribution in [2.24, 2.45) is 0 Å². The van der Waals surface area contributed by atoms with Crippen LogP contribution in [0.5, 0.6) is 5.75 Å². The largest absolute Gasteiger partial charge is 1.00 e. The summed E-state index contributed by atoms with van der Waals surface area (Å²) >= 11 is 11.0. The van der Waals surface area contributed by atoms with E-state index < -0.39 is 29.8 Å². The van der Waals surface area contributed by atoms with Crippen LogP contribution >= 0.6 is 23.2 Å². The molecule has 1 rings (SSSR count). The van der Waals surface area contributed by atoms with E-state index in [1.54, 1.807) is 0 Å². The number of rotatable bonds is 4. The first kappa shape index (κ1) is 18.5. The fraction of sp³-hybridized carbons (Fsp3) is 0.143. The third-order valence-electron chi connectivity index (χ3n) is 1.63. The molecule has 94 valence electrons. The van der Waals surface area contributed by atoms with Gasteiger partial charge in [0.2, 0.25) is 0 Å². The molecule has 0 amide bonds. The van der Waals surface area contributed by atoms with E-state index in [1.165, 1.54) is 0 Å². The Morgan fingerprint density at radius 1 is 1.28 bits per heavy atom. The standard InChI is InChI=1S/C7H4BCl2F3NO3.K/c9-4-1-6(14(15)16)7(2-5(4)10)17-3-8(11,12)13;/h1-2H,3H2;/q-1;+1. The molecule has 18 heavy (non-hydrogen) atoms. The smallest absolute Gasteiger partial charge is 0.517 e. The number of hydrogen-bond acceptors (Lipinski definition) is 3. The Labute approximate surface area is 152 Å². The van der Waals surface area contributed by atoms with Gasteiger partial charge in [-0.1, -0.05) is 23.2 Å². The van der Waals surface area contributed by atoms with Crippen LogP contribution in [-0.2, 0) is 0 Å². The Bertz CT molecular complexity index is 460. The zero-order chi connectivity index (χ0) is 13.2. The molecule has 0 unspecified atom stereocenters. The normalized spacial score (nSPS) is 10.7. The molecule has 0 saturated carbocycles. The van der Waals surface area contributed by atoms with E-state index >= 15 is 0 Å². The molecule has 0 aliphatic heterocycles. The van der Waals surface area contributed by atoms with Gasteiger partial charge in [0.1, 0.15) is 0 Å². The first-order chi connectivity index (χ1) is 7.70. The Hall–Kier alpha value is 0.491. The van der Waals surface area contributed by atoms with Crippen LogP contribution in [0.3, 0.4) is 0 Å². The molecule has 0 radical (unpaired) electrons. The monoisotopic (exact) mass is 327 g/mol. The van der Waals surface area contributed by atoms with E-state index in [4.69, 9.17) is 23.2 Å². The van der Waals surface area contributed by atoms with E-state index in [1.807, 2.05) is 0 Å². The molecule has 0 saturated heterocycles. The maximum Gasteiger partial charge on any atom is 1.00 e. The minimum absolute atomic E-state index is 0. The molecule has 11 heteroatoms. The predicted molar refractivity (Wildman–Crippen MR) is 57.7 cm³/mol. The van der Waals surface area contributed by atoms with Crippen molar-refractivity contribution < 1.29 is 74.0 Å². The second-order valence-electron chi connectivity index (χ2n) is 3.01. The summed E-state index contributed by atoms with van der Waals surface area (Å²) < 4.78 is 40.2. The van der Waals surface area contributed by atoms with Crippen molar-refractivity contribution in [1.29, 1.82) is 0 Å². The van der Waals surface area contributed by atoms with E-state index in [2.05, 4.69) is 4.74 Å². The molecule has 4 nitrogen and oxygen atoms in total. The summed E-state index contributed by atoms with van der Waals surface area (Å²) in [4.78, 5) is 9.66. The molecule has 0 N–H and O–H groups in total. The van der Waals surface area contributed by atoms with Gasteiger partial charge in [-0.05, 0) is 0 Å². The van der Waals surface area contributed by atoms with Crippen molar-refractivity contribution in [2.75, 3.05) is 6.51 Å². The van der Waals surface area contributed by atoms with Gasteiger partial charge in [0, 0.05) is 12.1 Å². The molecule has 0 aromatic heterocycles. The molecule has 0 aliphatic carbocycles. The molecule has 0 heterocycles. The summed E-state index contributed by atoms with van der Waals surface area (Å²) in [6.07, 6.45) is 0. The number of benzene rings is 1. The zero-order valence-electron chi connectivity index (χ0n) is 9.00. The van der Waals surface area contributed by atoms with Crippen LogP contribution in [0.25, 0.3) is 0 Å². The van der Waals surface area contributed by atoms with Crippen LogP contribution in [0.4, 0.5) is 18.6 Å². The molecular formula is C7H4BCl2F3KNO3. The minimum atomic E-state index is -5.21. The zero-order valence-corrected chi connectivity index (χ0v) is 13.6. The molecular weight excluding hydrogens is 324 g/mol. The second-order valence-corrected chi connectivity index (χ2v) is 3.83. The molecule has 0 bridgehead atoms. The topological polar surface area (TPSA) is 52.4 Å². The molecule has 0 fully saturated rings. The van der Waals surface area contributed by atoms with Gasteiger partial charge in [-0.3, -0.25) is 10.1 Å². The summed E-state index contributed by atoms with van der Waals surface area (Å²) in [6, 6.07) is 1.71. The van der Waals surface area contributed by atoms with E-state index in [9.17, 15) is 23.1 Å².